The van der Waals surface area contributed by atoms with Crippen LogP contribution in [0.2, 0.25) is 0 Å². The highest BCUT2D eigenvalue weighted by Crippen LogP contribution is 2.19. The third-order valence-corrected chi connectivity index (χ3v) is 3.77. The van der Waals surface area contributed by atoms with Crippen molar-refractivity contribution in [2.75, 3.05) is 12.4 Å². The van der Waals surface area contributed by atoms with E-state index in [1.807, 2.05) is 20.8 Å². The molecule has 0 radical (unpaired) electrons. The summed E-state index contributed by atoms with van der Waals surface area (Å²) in [5.41, 5.74) is 1.02. The van der Waals surface area contributed by atoms with Gasteiger partial charge in [0, 0.05) is 31.1 Å². The van der Waals surface area contributed by atoms with Crippen molar-refractivity contribution in [1.29, 1.82) is 0 Å². The minimum absolute atomic E-state index is 0.0976. The zero-order valence-electron chi connectivity index (χ0n) is 16.0. The summed E-state index contributed by atoms with van der Waals surface area (Å²) in [7, 11) is 1.52. The number of hydrogen-bond acceptors (Lipinski definition) is 6. The van der Waals surface area contributed by atoms with E-state index in [1.54, 1.807) is 6.07 Å². The summed E-state index contributed by atoms with van der Waals surface area (Å²) in [6, 6.07) is 4.64. The molecule has 0 aliphatic rings. The third-order valence-electron chi connectivity index (χ3n) is 3.77. The van der Waals surface area contributed by atoms with Crippen LogP contribution < -0.4 is 5.32 Å². The van der Waals surface area contributed by atoms with E-state index >= 15 is 0 Å². The van der Waals surface area contributed by atoms with Gasteiger partial charge in [-0.2, -0.15) is 4.98 Å². The van der Waals surface area contributed by atoms with Crippen LogP contribution in [0.15, 0.2) is 22.7 Å². The molecule has 2 aromatic rings. The number of aryl methyl sites for hydroxylation is 1. The number of aromatic carboxylic acids is 1. The Morgan fingerprint density at radius 2 is 2.00 bits per heavy atom. The SMILES string of the molecule is COCc1cc(NC(=O)CCCc2nc(C(C)(C)C)no2)cc(C(=O)O)c1. The molecule has 8 heteroatoms. The van der Waals surface area contributed by atoms with Crippen molar-refractivity contribution in [2.24, 2.45) is 0 Å². The lowest BCUT2D eigenvalue weighted by Crippen LogP contribution is -2.13. The van der Waals surface area contributed by atoms with E-state index in [1.165, 1.54) is 19.2 Å². The first-order valence-corrected chi connectivity index (χ1v) is 8.68. The van der Waals surface area contributed by atoms with Crippen LogP contribution in [0.25, 0.3) is 0 Å². The number of amides is 1. The number of nitrogens with one attached hydrogen (secondary N) is 1. The number of hydrogen-bond donors (Lipinski definition) is 2. The zero-order valence-corrected chi connectivity index (χ0v) is 16.0. The fraction of sp³-hybridized carbons (Fsp3) is 0.474. The number of carbonyl (C=O) groups is 2. The molecule has 0 saturated heterocycles. The molecule has 0 aliphatic heterocycles. The Morgan fingerprint density at radius 1 is 1.26 bits per heavy atom. The third kappa shape index (κ3) is 6.18. The standard InChI is InChI=1S/C19H25N3O5/c1-19(2,3)18-21-16(27-22-18)7-5-6-15(23)20-14-9-12(11-26-4)8-13(10-14)17(24)25/h8-10H,5-7,11H2,1-4H3,(H,20,23)(H,24,25). The fourth-order valence-corrected chi connectivity index (χ4v) is 2.42. The minimum atomic E-state index is -1.06. The molecule has 1 amide bonds. The molecule has 8 nitrogen and oxygen atoms in total. The fourth-order valence-electron chi connectivity index (χ4n) is 2.42. The maximum Gasteiger partial charge on any atom is 0.335 e. The largest absolute Gasteiger partial charge is 0.478 e. The normalized spacial score (nSPS) is 11.4. The van der Waals surface area contributed by atoms with Crippen LogP contribution in [0.3, 0.4) is 0 Å². The Hall–Kier alpha value is -2.74. The van der Waals surface area contributed by atoms with Gasteiger partial charge in [-0.25, -0.2) is 4.79 Å². The topological polar surface area (TPSA) is 115 Å². The molecule has 0 atom stereocenters. The van der Waals surface area contributed by atoms with Crippen molar-refractivity contribution < 1.29 is 24.0 Å². The smallest absolute Gasteiger partial charge is 0.335 e. The second-order valence-corrected chi connectivity index (χ2v) is 7.32. The summed E-state index contributed by atoms with van der Waals surface area (Å²) in [6.07, 6.45) is 1.30. The van der Waals surface area contributed by atoms with E-state index in [4.69, 9.17) is 9.26 Å². The minimum Gasteiger partial charge on any atom is -0.478 e. The summed E-state index contributed by atoms with van der Waals surface area (Å²) in [5, 5.41) is 15.9. The molecule has 0 bridgehead atoms. The van der Waals surface area contributed by atoms with Crippen LogP contribution in [0.5, 0.6) is 0 Å². The van der Waals surface area contributed by atoms with Gasteiger partial charge in [0.15, 0.2) is 5.82 Å². The Kier molecular flexibility index (Phi) is 6.68. The molecule has 1 aromatic carbocycles. The van der Waals surface area contributed by atoms with Gasteiger partial charge in [-0.3, -0.25) is 4.79 Å². The lowest BCUT2D eigenvalue weighted by molar-refractivity contribution is -0.116. The first kappa shape index (κ1) is 20.6. The number of methoxy groups -OCH3 is 1. The van der Waals surface area contributed by atoms with Gasteiger partial charge in [0.1, 0.15) is 0 Å². The monoisotopic (exact) mass is 375 g/mol. The summed E-state index contributed by atoms with van der Waals surface area (Å²) in [4.78, 5) is 27.7. The summed E-state index contributed by atoms with van der Waals surface area (Å²) < 4.78 is 10.2. The molecule has 2 N–H and O–H groups in total. The Morgan fingerprint density at radius 3 is 2.59 bits per heavy atom. The molecule has 2 rings (SSSR count). The van der Waals surface area contributed by atoms with Gasteiger partial charge < -0.3 is 19.7 Å². The maximum atomic E-state index is 12.2. The molecule has 27 heavy (non-hydrogen) atoms. The molecule has 0 unspecified atom stereocenters. The van der Waals surface area contributed by atoms with Crippen LogP contribution in [0, 0.1) is 0 Å². The van der Waals surface area contributed by atoms with Crippen LogP contribution in [0.1, 0.15) is 61.2 Å². The predicted molar refractivity (Wildman–Crippen MR) is 98.7 cm³/mol. The number of carboxylic acid groups (broad SMARTS) is 1. The molecule has 0 fully saturated rings. The van der Waals surface area contributed by atoms with Crippen molar-refractivity contribution >= 4 is 17.6 Å². The van der Waals surface area contributed by atoms with E-state index in [0.717, 1.165) is 0 Å². The quantitative estimate of drug-likeness (QED) is 0.728. The van der Waals surface area contributed by atoms with E-state index < -0.39 is 5.97 Å². The first-order valence-electron chi connectivity index (χ1n) is 8.68. The van der Waals surface area contributed by atoms with E-state index in [9.17, 15) is 14.7 Å². The maximum absolute atomic E-state index is 12.2. The number of ether oxygens (including phenoxy) is 1. The predicted octanol–water partition coefficient (Wildman–Crippen LogP) is 3.17. The number of anilines is 1. The lowest BCUT2D eigenvalue weighted by Gasteiger charge is -2.10. The van der Waals surface area contributed by atoms with Crippen LogP contribution >= 0.6 is 0 Å². The summed E-state index contributed by atoms with van der Waals surface area (Å²) >= 11 is 0. The van der Waals surface area contributed by atoms with Crippen molar-refractivity contribution in [2.45, 2.75) is 52.1 Å². The van der Waals surface area contributed by atoms with Gasteiger partial charge in [0.25, 0.3) is 0 Å². The van der Waals surface area contributed by atoms with Crippen molar-refractivity contribution in [1.82, 2.24) is 10.1 Å². The zero-order chi connectivity index (χ0) is 20.0. The average molecular weight is 375 g/mol. The number of aromatic nitrogens is 2. The Balaban J connectivity index is 1.91. The second-order valence-electron chi connectivity index (χ2n) is 7.32. The molecular weight excluding hydrogens is 350 g/mol. The number of carbonyl (C=O) groups excluding carboxylic acids is 1. The first-order chi connectivity index (χ1) is 12.7. The Bertz CT molecular complexity index is 808. The molecule has 146 valence electrons. The van der Waals surface area contributed by atoms with E-state index in [0.29, 0.717) is 35.8 Å². The van der Waals surface area contributed by atoms with Gasteiger partial charge in [0.2, 0.25) is 11.8 Å². The molecule has 0 saturated carbocycles. The van der Waals surface area contributed by atoms with Crippen LogP contribution in [-0.2, 0) is 28.0 Å². The number of benzene rings is 1. The van der Waals surface area contributed by atoms with Crippen molar-refractivity contribution in [3.63, 3.8) is 0 Å². The van der Waals surface area contributed by atoms with E-state index in [-0.39, 0.29) is 29.9 Å². The molecule has 1 heterocycles. The second kappa shape index (κ2) is 8.77. The molecular formula is C19H25N3O5. The Labute approximate surface area is 157 Å². The van der Waals surface area contributed by atoms with Gasteiger partial charge in [0.05, 0.1) is 12.2 Å². The van der Waals surface area contributed by atoms with E-state index in [2.05, 4.69) is 15.5 Å². The summed E-state index contributed by atoms with van der Waals surface area (Å²) in [6.45, 7) is 6.26. The van der Waals surface area contributed by atoms with Gasteiger partial charge in [-0.1, -0.05) is 25.9 Å². The number of rotatable bonds is 8. The highest BCUT2D eigenvalue weighted by Gasteiger charge is 2.20. The molecule has 0 aliphatic carbocycles. The highest BCUT2D eigenvalue weighted by atomic mass is 16.5. The van der Waals surface area contributed by atoms with Crippen molar-refractivity contribution in [3.8, 4) is 0 Å². The van der Waals surface area contributed by atoms with Gasteiger partial charge in [-0.15, -0.1) is 0 Å². The van der Waals surface area contributed by atoms with Crippen LogP contribution in [-0.4, -0.2) is 34.2 Å². The number of nitrogens with zero attached hydrogens (tertiary/aromatic N) is 2. The van der Waals surface area contributed by atoms with Gasteiger partial charge in [-0.05, 0) is 30.2 Å². The van der Waals surface area contributed by atoms with Crippen LogP contribution in [0.4, 0.5) is 5.69 Å². The number of carboxylic acids is 1. The lowest BCUT2D eigenvalue weighted by atomic mass is 9.96. The highest BCUT2D eigenvalue weighted by molar-refractivity contribution is 5.94. The molecule has 1 aromatic heterocycles. The molecule has 0 spiro atoms. The van der Waals surface area contributed by atoms with Crippen molar-refractivity contribution in [3.05, 3.63) is 41.0 Å². The average Bonchev–Trinajstić information content (AvgIpc) is 3.04. The van der Waals surface area contributed by atoms with Gasteiger partial charge >= 0.3 is 5.97 Å². The summed E-state index contributed by atoms with van der Waals surface area (Å²) in [5.74, 6) is -0.132.